The third-order valence-corrected chi connectivity index (χ3v) is 8.61. The predicted molar refractivity (Wildman–Crippen MR) is 170 cm³/mol. The number of anilines is 2. The molecule has 0 unspecified atom stereocenters. The van der Waals surface area contributed by atoms with Crippen molar-refractivity contribution in [1.29, 1.82) is 0 Å². The highest BCUT2D eigenvalue weighted by Crippen LogP contribution is 2.63. The lowest BCUT2D eigenvalue weighted by atomic mass is 9.70. The number of hydrogen-bond donors (Lipinski definition) is 0. The Morgan fingerprint density at radius 3 is 1.68 bits per heavy atom. The minimum absolute atomic E-state index is 0.370. The Morgan fingerprint density at radius 2 is 1.15 bits per heavy atom. The molecule has 0 saturated carbocycles. The molecular formula is C39H31N. The van der Waals surface area contributed by atoms with Gasteiger partial charge in [0.25, 0.3) is 0 Å². The number of nitrogens with zero attached hydrogens (tertiary/aromatic N) is 1. The Labute approximate surface area is 237 Å². The van der Waals surface area contributed by atoms with E-state index < -0.39 is 0 Å². The summed E-state index contributed by atoms with van der Waals surface area (Å²) in [5.74, 6) is 0. The predicted octanol–water partition coefficient (Wildman–Crippen LogP) is 10.3. The van der Waals surface area contributed by atoms with Gasteiger partial charge < -0.3 is 4.90 Å². The number of allylic oxidation sites excluding steroid dienone is 4. The molecule has 0 aromatic heterocycles. The van der Waals surface area contributed by atoms with Crippen molar-refractivity contribution in [2.24, 2.45) is 0 Å². The Hall–Kier alpha value is -4.88. The molecule has 40 heavy (non-hydrogen) atoms. The van der Waals surface area contributed by atoms with Gasteiger partial charge in [0.05, 0.1) is 11.1 Å². The molecule has 1 nitrogen and oxygen atoms in total. The number of para-hydroxylation sites is 1. The smallest absolute Gasteiger partial charge is 0.0726 e. The Balaban J connectivity index is 1.54. The molecule has 2 aliphatic carbocycles. The zero-order valence-electron chi connectivity index (χ0n) is 23.0. The van der Waals surface area contributed by atoms with Crippen LogP contribution in [0.1, 0.15) is 41.7 Å². The normalized spacial score (nSPS) is 13.8. The van der Waals surface area contributed by atoms with E-state index in [4.69, 9.17) is 0 Å². The van der Waals surface area contributed by atoms with Gasteiger partial charge in [-0.3, -0.25) is 0 Å². The SMILES string of the molecule is C=C/C(=C\C)c1ccccc1N(C(=C)C)c1ccc2c(c1)C1(c3ccccc3-c3ccccc31)c1ccccc1-2. The van der Waals surface area contributed by atoms with E-state index in [1.807, 2.05) is 6.08 Å². The van der Waals surface area contributed by atoms with Gasteiger partial charge in [0, 0.05) is 16.9 Å². The van der Waals surface area contributed by atoms with Crippen LogP contribution in [-0.2, 0) is 5.41 Å². The zero-order valence-corrected chi connectivity index (χ0v) is 23.0. The van der Waals surface area contributed by atoms with Crippen molar-refractivity contribution in [3.05, 3.63) is 174 Å². The zero-order chi connectivity index (χ0) is 27.4. The van der Waals surface area contributed by atoms with Gasteiger partial charge in [-0.1, -0.05) is 122 Å². The molecule has 1 heteroatoms. The van der Waals surface area contributed by atoms with Gasteiger partial charge in [-0.15, -0.1) is 0 Å². The van der Waals surface area contributed by atoms with Crippen LogP contribution in [0.3, 0.4) is 0 Å². The van der Waals surface area contributed by atoms with Crippen molar-refractivity contribution in [2.75, 3.05) is 4.90 Å². The molecule has 0 saturated heterocycles. The fraction of sp³-hybridized carbons (Fsp3) is 0.0769. The number of hydrogen-bond acceptors (Lipinski definition) is 1. The summed E-state index contributed by atoms with van der Waals surface area (Å²) in [6.45, 7) is 12.7. The van der Waals surface area contributed by atoms with Crippen molar-refractivity contribution in [1.82, 2.24) is 0 Å². The molecule has 192 valence electrons. The minimum atomic E-state index is -0.370. The highest BCUT2D eigenvalue weighted by molar-refractivity contribution is 5.96. The van der Waals surface area contributed by atoms with Crippen LogP contribution in [0.25, 0.3) is 27.8 Å². The van der Waals surface area contributed by atoms with Gasteiger partial charge in [-0.25, -0.2) is 0 Å². The molecule has 7 rings (SSSR count). The van der Waals surface area contributed by atoms with Crippen LogP contribution in [-0.4, -0.2) is 0 Å². The van der Waals surface area contributed by atoms with E-state index >= 15 is 0 Å². The summed E-state index contributed by atoms with van der Waals surface area (Å²) in [4.78, 5) is 2.28. The van der Waals surface area contributed by atoms with Crippen LogP contribution in [0.15, 0.2) is 146 Å². The first-order valence-electron chi connectivity index (χ1n) is 13.9. The van der Waals surface area contributed by atoms with Crippen LogP contribution < -0.4 is 4.90 Å². The van der Waals surface area contributed by atoms with Crippen molar-refractivity contribution in [3.63, 3.8) is 0 Å². The van der Waals surface area contributed by atoms with Crippen molar-refractivity contribution in [2.45, 2.75) is 19.3 Å². The average molecular weight is 514 g/mol. The molecule has 1 spiro atoms. The van der Waals surface area contributed by atoms with Crippen LogP contribution in [0.2, 0.25) is 0 Å². The monoisotopic (exact) mass is 513 g/mol. The Bertz CT molecular complexity index is 1800. The lowest BCUT2D eigenvalue weighted by molar-refractivity contribution is 0.793. The van der Waals surface area contributed by atoms with E-state index in [9.17, 15) is 0 Å². The third-order valence-electron chi connectivity index (χ3n) is 8.61. The number of fused-ring (bicyclic) bond motifs is 10. The lowest BCUT2D eigenvalue weighted by Gasteiger charge is -2.32. The standard InChI is InChI=1S/C39H31N/c1-5-27(6-2)29-15-10-14-22-38(29)40(26(3)4)28-23-24-33-32-18-9-13-21-36(32)39(37(33)25-28)34-19-11-7-16-30(34)31-17-8-12-20-35(31)39/h5-25H,1,3H2,2,4H3/b27-6+. The first-order chi connectivity index (χ1) is 19.6. The average Bonchev–Trinajstić information content (AvgIpc) is 3.46. The Morgan fingerprint density at radius 1 is 0.650 bits per heavy atom. The molecule has 0 N–H and O–H groups in total. The third kappa shape index (κ3) is 3.15. The number of benzene rings is 5. The summed E-state index contributed by atoms with van der Waals surface area (Å²) in [5, 5.41) is 0. The van der Waals surface area contributed by atoms with E-state index in [2.05, 4.69) is 153 Å². The molecule has 0 atom stereocenters. The van der Waals surface area contributed by atoms with Crippen molar-refractivity contribution in [3.8, 4) is 22.3 Å². The first kappa shape index (κ1) is 24.2. The van der Waals surface area contributed by atoms with E-state index in [1.165, 1.54) is 44.5 Å². The fourth-order valence-electron chi connectivity index (χ4n) is 7.08. The molecule has 2 aliphatic rings. The maximum atomic E-state index is 4.43. The van der Waals surface area contributed by atoms with E-state index in [0.29, 0.717) is 0 Å². The summed E-state index contributed by atoms with van der Waals surface area (Å²) in [6, 6.07) is 42.3. The quantitative estimate of drug-likeness (QED) is 0.207. The highest BCUT2D eigenvalue weighted by Gasteiger charge is 2.51. The number of rotatable bonds is 5. The maximum absolute atomic E-state index is 4.43. The van der Waals surface area contributed by atoms with Crippen molar-refractivity contribution >= 4 is 16.9 Å². The summed E-state index contributed by atoms with van der Waals surface area (Å²) >= 11 is 0. The van der Waals surface area contributed by atoms with Gasteiger partial charge >= 0.3 is 0 Å². The topological polar surface area (TPSA) is 3.24 Å². The minimum Gasteiger partial charge on any atom is -0.314 e. The molecule has 0 bridgehead atoms. The molecule has 0 fully saturated rings. The maximum Gasteiger partial charge on any atom is 0.0726 e. The second-order valence-corrected chi connectivity index (χ2v) is 10.7. The van der Waals surface area contributed by atoms with Crippen LogP contribution >= 0.6 is 0 Å². The molecule has 5 aromatic carbocycles. The van der Waals surface area contributed by atoms with Gasteiger partial charge in [-0.05, 0) is 82.1 Å². The van der Waals surface area contributed by atoms with Gasteiger partial charge in [-0.2, -0.15) is 0 Å². The summed E-state index contributed by atoms with van der Waals surface area (Å²) < 4.78 is 0. The van der Waals surface area contributed by atoms with Crippen LogP contribution in [0.4, 0.5) is 11.4 Å². The molecular weight excluding hydrogens is 482 g/mol. The summed E-state index contributed by atoms with van der Waals surface area (Å²) in [6.07, 6.45) is 4.04. The molecule has 0 amide bonds. The van der Waals surface area contributed by atoms with Crippen molar-refractivity contribution < 1.29 is 0 Å². The van der Waals surface area contributed by atoms with E-state index in [-0.39, 0.29) is 5.41 Å². The molecule has 5 aromatic rings. The second-order valence-electron chi connectivity index (χ2n) is 10.7. The van der Waals surface area contributed by atoms with Gasteiger partial charge in [0.1, 0.15) is 0 Å². The Kier molecular flexibility index (Phi) is 5.50. The van der Waals surface area contributed by atoms with Gasteiger partial charge in [0.15, 0.2) is 0 Å². The van der Waals surface area contributed by atoms with E-state index in [1.54, 1.807) is 0 Å². The fourth-order valence-corrected chi connectivity index (χ4v) is 7.08. The van der Waals surface area contributed by atoms with E-state index in [0.717, 1.165) is 28.2 Å². The first-order valence-corrected chi connectivity index (χ1v) is 13.9. The second kappa shape index (κ2) is 9.10. The lowest BCUT2D eigenvalue weighted by Crippen LogP contribution is -2.26. The summed E-state index contributed by atoms with van der Waals surface area (Å²) in [7, 11) is 0. The van der Waals surface area contributed by atoms with Crippen LogP contribution in [0.5, 0.6) is 0 Å². The highest BCUT2D eigenvalue weighted by atomic mass is 15.1. The largest absolute Gasteiger partial charge is 0.314 e. The molecule has 0 radical (unpaired) electrons. The molecule has 0 aliphatic heterocycles. The molecule has 0 heterocycles. The summed E-state index contributed by atoms with van der Waals surface area (Å²) in [5.41, 5.74) is 15.6. The van der Waals surface area contributed by atoms with Gasteiger partial charge in [0.2, 0.25) is 0 Å². The van der Waals surface area contributed by atoms with Crippen LogP contribution in [0, 0.1) is 0 Å².